The van der Waals surface area contributed by atoms with Gasteiger partial charge in [-0.2, -0.15) is 26.3 Å². The standard InChI is InChI=1S/C8H8F6O3/c1-2-17-5(15)3-4(7(9,10)11)6(16)8(12,13)14/h4H,2-3H2,1H3. The Balaban J connectivity index is 4.92. The maximum absolute atomic E-state index is 12.2. The molecule has 1 atom stereocenters. The van der Waals surface area contributed by atoms with E-state index in [1.165, 1.54) is 6.92 Å². The van der Waals surface area contributed by atoms with Crippen LogP contribution in [0.1, 0.15) is 13.3 Å². The summed E-state index contributed by atoms with van der Waals surface area (Å²) in [5, 5.41) is 0. The first kappa shape index (κ1) is 15.7. The Morgan fingerprint density at radius 3 is 1.88 bits per heavy atom. The molecule has 0 heterocycles. The van der Waals surface area contributed by atoms with E-state index in [0.717, 1.165) is 0 Å². The quantitative estimate of drug-likeness (QED) is 0.579. The van der Waals surface area contributed by atoms with E-state index < -0.39 is 36.4 Å². The second kappa shape index (κ2) is 5.37. The fourth-order valence-electron chi connectivity index (χ4n) is 0.941. The second-order valence-electron chi connectivity index (χ2n) is 2.97. The Kier molecular flexibility index (Phi) is 4.96. The van der Waals surface area contributed by atoms with Crippen LogP contribution in [0.15, 0.2) is 0 Å². The number of Topliss-reactive ketones (excluding diaryl/α,β-unsaturated/α-hetero) is 1. The lowest BCUT2D eigenvalue weighted by Crippen LogP contribution is -2.40. The van der Waals surface area contributed by atoms with E-state index in [9.17, 15) is 35.9 Å². The minimum Gasteiger partial charge on any atom is -0.466 e. The predicted octanol–water partition coefficient (Wildman–Crippen LogP) is 2.25. The van der Waals surface area contributed by atoms with Crippen molar-refractivity contribution in [1.29, 1.82) is 0 Å². The van der Waals surface area contributed by atoms with Crippen molar-refractivity contribution in [3.8, 4) is 0 Å². The summed E-state index contributed by atoms with van der Waals surface area (Å²) in [6.45, 7) is 0.982. The van der Waals surface area contributed by atoms with Crippen molar-refractivity contribution in [1.82, 2.24) is 0 Å². The van der Waals surface area contributed by atoms with Crippen LogP contribution in [0.2, 0.25) is 0 Å². The number of carbonyl (C=O) groups excluding carboxylic acids is 2. The first-order valence-electron chi connectivity index (χ1n) is 4.33. The van der Waals surface area contributed by atoms with Gasteiger partial charge in [-0.1, -0.05) is 0 Å². The number of carbonyl (C=O) groups is 2. The minimum atomic E-state index is -5.65. The second-order valence-corrected chi connectivity index (χ2v) is 2.97. The van der Waals surface area contributed by atoms with Gasteiger partial charge in [0.15, 0.2) is 0 Å². The fraction of sp³-hybridized carbons (Fsp3) is 0.750. The predicted molar refractivity (Wildman–Crippen MR) is 41.9 cm³/mol. The van der Waals surface area contributed by atoms with Crippen LogP contribution in [0.25, 0.3) is 0 Å². The number of hydrogen-bond acceptors (Lipinski definition) is 3. The molecule has 17 heavy (non-hydrogen) atoms. The molecule has 0 saturated carbocycles. The lowest BCUT2D eigenvalue weighted by molar-refractivity contribution is -0.214. The van der Waals surface area contributed by atoms with Crippen molar-refractivity contribution in [3.63, 3.8) is 0 Å². The molecule has 9 heteroatoms. The average molecular weight is 266 g/mol. The molecule has 0 aromatic rings. The Bertz CT molecular complexity index is 293. The number of hydrogen-bond donors (Lipinski definition) is 0. The van der Waals surface area contributed by atoms with Crippen molar-refractivity contribution in [2.75, 3.05) is 6.61 Å². The van der Waals surface area contributed by atoms with Crippen molar-refractivity contribution in [2.45, 2.75) is 25.7 Å². The van der Waals surface area contributed by atoms with Crippen LogP contribution in [0.3, 0.4) is 0 Å². The number of rotatable bonds is 4. The zero-order valence-corrected chi connectivity index (χ0v) is 8.48. The molecule has 0 radical (unpaired) electrons. The highest BCUT2D eigenvalue weighted by Gasteiger charge is 2.55. The van der Waals surface area contributed by atoms with Gasteiger partial charge in [0.2, 0.25) is 5.78 Å². The molecule has 0 fully saturated rings. The molecule has 0 aromatic heterocycles. The first-order valence-corrected chi connectivity index (χ1v) is 4.33. The number of esters is 1. The van der Waals surface area contributed by atoms with Gasteiger partial charge in [0.1, 0.15) is 5.92 Å². The monoisotopic (exact) mass is 266 g/mol. The molecule has 0 aliphatic rings. The van der Waals surface area contributed by atoms with E-state index in [0.29, 0.717) is 0 Å². The van der Waals surface area contributed by atoms with E-state index in [-0.39, 0.29) is 6.61 Å². The van der Waals surface area contributed by atoms with Crippen LogP contribution in [-0.4, -0.2) is 30.7 Å². The third kappa shape index (κ3) is 5.05. The van der Waals surface area contributed by atoms with Crippen LogP contribution >= 0.6 is 0 Å². The number of ether oxygens (including phenoxy) is 1. The molecule has 0 rings (SSSR count). The topological polar surface area (TPSA) is 43.4 Å². The third-order valence-electron chi connectivity index (χ3n) is 1.67. The molecule has 1 unspecified atom stereocenters. The smallest absolute Gasteiger partial charge is 0.450 e. The Morgan fingerprint density at radius 2 is 1.59 bits per heavy atom. The lowest BCUT2D eigenvalue weighted by Gasteiger charge is -2.19. The highest BCUT2D eigenvalue weighted by Crippen LogP contribution is 2.35. The van der Waals surface area contributed by atoms with Crippen LogP contribution < -0.4 is 0 Å². The van der Waals surface area contributed by atoms with E-state index >= 15 is 0 Å². The summed E-state index contributed by atoms with van der Waals surface area (Å²) in [6, 6.07) is 0. The van der Waals surface area contributed by atoms with Crippen LogP contribution in [-0.2, 0) is 14.3 Å². The maximum Gasteiger partial charge on any atom is 0.450 e. The van der Waals surface area contributed by atoms with Gasteiger partial charge in [-0.3, -0.25) is 9.59 Å². The summed E-state index contributed by atoms with van der Waals surface area (Å²) in [7, 11) is 0. The minimum absolute atomic E-state index is 0.288. The van der Waals surface area contributed by atoms with Crippen molar-refractivity contribution < 1.29 is 40.7 Å². The zero-order chi connectivity index (χ0) is 13.9. The van der Waals surface area contributed by atoms with Crippen molar-refractivity contribution in [3.05, 3.63) is 0 Å². The van der Waals surface area contributed by atoms with Gasteiger partial charge in [-0.05, 0) is 6.92 Å². The number of alkyl halides is 6. The molecule has 0 spiro atoms. The van der Waals surface area contributed by atoms with E-state index in [2.05, 4.69) is 4.74 Å². The molecule has 0 bridgehead atoms. The third-order valence-corrected chi connectivity index (χ3v) is 1.67. The molecule has 0 N–H and O–H groups in total. The van der Waals surface area contributed by atoms with Crippen molar-refractivity contribution >= 4 is 11.8 Å². The number of halogens is 6. The fourth-order valence-corrected chi connectivity index (χ4v) is 0.941. The first-order chi connectivity index (χ1) is 7.50. The molecule has 0 aliphatic carbocycles. The Morgan fingerprint density at radius 1 is 1.12 bits per heavy atom. The summed E-state index contributed by atoms with van der Waals surface area (Å²) in [4.78, 5) is 21.2. The largest absolute Gasteiger partial charge is 0.466 e. The van der Waals surface area contributed by atoms with Gasteiger partial charge < -0.3 is 4.74 Å². The maximum atomic E-state index is 12.2. The van der Waals surface area contributed by atoms with Gasteiger partial charge >= 0.3 is 18.3 Å². The molecule has 0 amide bonds. The highest BCUT2D eigenvalue weighted by molar-refractivity contribution is 5.90. The lowest BCUT2D eigenvalue weighted by atomic mass is 9.99. The van der Waals surface area contributed by atoms with Crippen LogP contribution in [0.5, 0.6) is 0 Å². The van der Waals surface area contributed by atoms with E-state index in [1.54, 1.807) is 0 Å². The summed E-state index contributed by atoms with van der Waals surface area (Å²) >= 11 is 0. The molecule has 100 valence electrons. The van der Waals surface area contributed by atoms with Crippen molar-refractivity contribution in [2.24, 2.45) is 5.92 Å². The molecular weight excluding hydrogens is 258 g/mol. The summed E-state index contributed by atoms with van der Waals surface area (Å²) < 4.78 is 76.2. The zero-order valence-electron chi connectivity index (χ0n) is 8.48. The van der Waals surface area contributed by atoms with Gasteiger partial charge in [-0.15, -0.1) is 0 Å². The normalized spacial score (nSPS) is 14.3. The molecule has 0 aliphatic heterocycles. The Labute approximate surface area is 91.7 Å². The summed E-state index contributed by atoms with van der Waals surface area (Å²) in [5.41, 5.74) is 0. The molecule has 3 nitrogen and oxygen atoms in total. The van der Waals surface area contributed by atoms with Gasteiger partial charge in [0.05, 0.1) is 13.0 Å². The Hall–Kier alpha value is -1.28. The summed E-state index contributed by atoms with van der Waals surface area (Å²) in [5.74, 6) is -7.92. The highest BCUT2D eigenvalue weighted by atomic mass is 19.4. The number of ketones is 1. The molecule has 0 saturated heterocycles. The van der Waals surface area contributed by atoms with Crippen LogP contribution in [0.4, 0.5) is 26.3 Å². The van der Waals surface area contributed by atoms with Gasteiger partial charge in [0.25, 0.3) is 0 Å². The average Bonchev–Trinajstić information content (AvgIpc) is 2.10. The van der Waals surface area contributed by atoms with Crippen LogP contribution in [0, 0.1) is 5.92 Å². The summed E-state index contributed by atoms with van der Waals surface area (Å²) in [6.07, 6.45) is -12.8. The van der Waals surface area contributed by atoms with Gasteiger partial charge in [0, 0.05) is 0 Å². The SMILES string of the molecule is CCOC(=O)CC(C(=O)C(F)(F)F)C(F)(F)F. The van der Waals surface area contributed by atoms with E-state index in [4.69, 9.17) is 0 Å². The van der Waals surface area contributed by atoms with E-state index in [1.807, 2.05) is 0 Å². The molecular formula is C8H8F6O3. The van der Waals surface area contributed by atoms with Gasteiger partial charge in [-0.25, -0.2) is 0 Å². The molecule has 0 aromatic carbocycles.